The van der Waals surface area contributed by atoms with Gasteiger partial charge in [0, 0.05) is 7.11 Å². The summed E-state index contributed by atoms with van der Waals surface area (Å²) < 4.78 is 11.3. The maximum Gasteiger partial charge on any atom is 0.0781 e. The van der Waals surface area contributed by atoms with Crippen molar-refractivity contribution in [3.8, 4) is 0 Å². The van der Waals surface area contributed by atoms with E-state index < -0.39 is 0 Å². The van der Waals surface area contributed by atoms with Gasteiger partial charge in [0.15, 0.2) is 0 Å². The number of aliphatic hydroxyl groups is 1. The quantitative estimate of drug-likeness (QED) is 0.426. The summed E-state index contributed by atoms with van der Waals surface area (Å²) in [7, 11) is 1.00. The van der Waals surface area contributed by atoms with Gasteiger partial charge in [-0.25, -0.2) is 0 Å². The van der Waals surface area contributed by atoms with Crippen molar-refractivity contribution in [2.24, 2.45) is 0 Å². The monoisotopic (exact) mass is 91.1 g/mol. The molecule has 1 saturated heterocycles. The zero-order valence-corrected chi connectivity index (χ0v) is 4.01. The van der Waals surface area contributed by atoms with Crippen molar-refractivity contribution in [2.45, 2.75) is 13.0 Å². The molecular weight excluding hydrogens is 80.0 g/mol. The molecule has 38 valence electrons. The highest BCUT2D eigenvalue weighted by atomic mass is 16.6. The number of rotatable bonds is 0. The molecule has 0 aromatic heterocycles. The largest absolute Gasteiger partial charge is 0.400 e. The van der Waals surface area contributed by atoms with Gasteiger partial charge in [-0.15, -0.1) is 0 Å². The maximum absolute atomic E-state index is 7.00. The Morgan fingerprint density at radius 1 is 2.00 bits per heavy atom. The van der Waals surface area contributed by atoms with Crippen molar-refractivity contribution >= 4 is 0 Å². The summed E-state index contributed by atoms with van der Waals surface area (Å²) in [5, 5.41) is 7.00. The topological polar surface area (TPSA) is 32.8 Å². The Bertz CT molecular complexity index is 43.0. The number of hydrogen-bond acceptors (Lipinski definition) is 2. The van der Waals surface area contributed by atoms with Crippen LogP contribution in [0.15, 0.2) is 0 Å². The lowest BCUT2D eigenvalue weighted by atomic mass is 10.6. The van der Waals surface area contributed by atoms with Crippen molar-refractivity contribution < 1.29 is 11.2 Å². The molecule has 2 atom stereocenters. The molecule has 1 N–H and O–H groups in total. The normalized spacial score (nSPS) is 42.2. The number of ether oxygens (including phenoxy) is 1. The van der Waals surface area contributed by atoms with Gasteiger partial charge in [0.25, 0.3) is 0 Å². The van der Waals surface area contributed by atoms with Crippen LogP contribution in [0, 0.1) is 0 Å². The highest BCUT2D eigenvalue weighted by molar-refractivity contribution is 4.58. The molecule has 0 spiro atoms. The van der Waals surface area contributed by atoms with Crippen molar-refractivity contribution in [3.05, 3.63) is 0 Å². The van der Waals surface area contributed by atoms with Gasteiger partial charge >= 0.3 is 0 Å². The third-order valence-electron chi connectivity index (χ3n) is 0.408. The molecule has 0 aromatic rings. The molecule has 0 radical (unpaired) electrons. The fraction of sp³-hybridized carbons (Fsp3) is 1.00. The third-order valence-corrected chi connectivity index (χ3v) is 0.408. The van der Waals surface area contributed by atoms with Crippen molar-refractivity contribution in [3.63, 3.8) is 0 Å². The van der Waals surface area contributed by atoms with Crippen LogP contribution in [0.4, 0.5) is 0 Å². The molecule has 0 saturated carbocycles. The fourth-order valence-corrected chi connectivity index (χ4v) is 0.0786. The van der Waals surface area contributed by atoms with E-state index in [1.807, 2.05) is 6.92 Å². The minimum atomic E-state index is -0.199. The van der Waals surface area contributed by atoms with Crippen LogP contribution in [-0.2, 0) is 4.74 Å². The second-order valence-corrected chi connectivity index (χ2v) is 0.977. The summed E-state index contributed by atoms with van der Waals surface area (Å²) in [4.78, 5) is 0. The van der Waals surface area contributed by atoms with E-state index in [0.717, 1.165) is 7.11 Å². The molecule has 0 bridgehead atoms. The number of aliphatic hydroxyl groups excluding tert-OH is 1. The first-order valence-corrected chi connectivity index (χ1v) is 1.83. The molecule has 2 heteroatoms. The molecular formula is C4H10O2. The Kier molecular flexibility index (Phi) is 2.13. The van der Waals surface area contributed by atoms with Gasteiger partial charge in [0.2, 0.25) is 0 Å². The first-order chi connectivity index (χ1) is 3.30. The average molecular weight is 91.1 g/mol. The molecule has 2 nitrogen and oxygen atoms in total. The van der Waals surface area contributed by atoms with Crippen LogP contribution in [0.5, 0.6) is 0 Å². The molecule has 6 heavy (non-hydrogen) atoms. The van der Waals surface area contributed by atoms with E-state index in [-0.39, 0.29) is 12.7 Å². The summed E-state index contributed by atoms with van der Waals surface area (Å²) >= 11 is 0. The molecule has 2 unspecified atom stereocenters. The van der Waals surface area contributed by atoms with Crippen molar-refractivity contribution in [2.75, 3.05) is 13.7 Å². The van der Waals surface area contributed by atoms with Crippen molar-refractivity contribution in [1.29, 1.82) is 0 Å². The second kappa shape index (κ2) is 3.12. The molecule has 1 aliphatic rings. The molecule has 1 fully saturated rings. The summed E-state index contributed by atoms with van der Waals surface area (Å²) in [6, 6.07) is 0. The van der Waals surface area contributed by atoms with E-state index in [1.165, 1.54) is 0 Å². The van der Waals surface area contributed by atoms with E-state index in [1.54, 1.807) is 0 Å². The van der Waals surface area contributed by atoms with Gasteiger partial charge in [-0.1, -0.05) is 0 Å². The lowest BCUT2D eigenvalue weighted by Gasteiger charge is -1.50. The predicted octanol–water partition coefficient (Wildman–Crippen LogP) is 0.0136. The molecule has 0 aromatic carbocycles. The van der Waals surface area contributed by atoms with Gasteiger partial charge in [-0.2, -0.15) is 0 Å². The first kappa shape index (κ1) is 4.09. The maximum atomic E-state index is 7.00. The Hall–Kier alpha value is -0.0800. The van der Waals surface area contributed by atoms with Gasteiger partial charge in [-0.3, -0.25) is 0 Å². The summed E-state index contributed by atoms with van der Waals surface area (Å²) in [5.74, 6) is 0. The standard InChI is InChI=1S/C3H6O.CH4O/c1-3-2-4-3;1-2/h3H,2H2,1H3;2H,1H3/i2D;. The van der Waals surface area contributed by atoms with Crippen LogP contribution in [-0.4, -0.2) is 24.9 Å². The van der Waals surface area contributed by atoms with E-state index in [0.29, 0.717) is 0 Å². The molecule has 1 rings (SSSR count). The number of hydrogen-bond donors (Lipinski definition) is 1. The zero-order valence-electron chi connectivity index (χ0n) is 5.01. The smallest absolute Gasteiger partial charge is 0.0781 e. The minimum absolute atomic E-state index is 0.199. The Morgan fingerprint density at radius 3 is 2.17 bits per heavy atom. The van der Waals surface area contributed by atoms with E-state index in [2.05, 4.69) is 4.74 Å². The van der Waals surface area contributed by atoms with E-state index >= 15 is 0 Å². The van der Waals surface area contributed by atoms with Crippen LogP contribution in [0.1, 0.15) is 8.29 Å². The average Bonchev–Trinajstić information content (AvgIpc) is 2.27. The second-order valence-electron chi connectivity index (χ2n) is 0.977. The molecule has 0 amide bonds. The number of epoxide rings is 1. The highest BCUT2D eigenvalue weighted by Crippen LogP contribution is 2.04. The summed E-state index contributed by atoms with van der Waals surface area (Å²) in [5.41, 5.74) is 0. The fourth-order valence-electron chi connectivity index (χ4n) is 0.0786. The Morgan fingerprint density at radius 2 is 2.17 bits per heavy atom. The Balaban J connectivity index is 0.000000162. The predicted molar refractivity (Wildman–Crippen MR) is 23.6 cm³/mol. The SMILES string of the molecule is CO.[2H]C1OC1C. The minimum Gasteiger partial charge on any atom is -0.400 e. The third kappa shape index (κ3) is 3.92. The van der Waals surface area contributed by atoms with Crippen molar-refractivity contribution in [1.82, 2.24) is 0 Å². The van der Waals surface area contributed by atoms with Crippen LogP contribution in [0.2, 0.25) is 0 Å². The van der Waals surface area contributed by atoms with E-state index in [4.69, 9.17) is 6.48 Å². The molecule has 0 aliphatic carbocycles. The van der Waals surface area contributed by atoms with Crippen LogP contribution in [0.25, 0.3) is 0 Å². The lowest BCUT2D eigenvalue weighted by Crippen LogP contribution is -1.60. The van der Waals surface area contributed by atoms with Gasteiger partial charge in [-0.05, 0) is 6.92 Å². The first-order valence-electron chi connectivity index (χ1n) is 2.41. The van der Waals surface area contributed by atoms with E-state index in [9.17, 15) is 0 Å². The lowest BCUT2D eigenvalue weighted by molar-refractivity contribution is 0.399. The zero-order chi connectivity index (χ0) is 5.86. The van der Waals surface area contributed by atoms with Gasteiger partial charge in [0.1, 0.15) is 0 Å². The Labute approximate surface area is 39.1 Å². The van der Waals surface area contributed by atoms with Gasteiger partial charge in [0.05, 0.1) is 14.1 Å². The molecule has 1 heterocycles. The van der Waals surface area contributed by atoms with Crippen LogP contribution in [0.3, 0.4) is 0 Å². The van der Waals surface area contributed by atoms with Gasteiger partial charge < -0.3 is 9.84 Å². The highest BCUT2D eigenvalue weighted by Gasteiger charge is 2.13. The van der Waals surface area contributed by atoms with Crippen LogP contribution >= 0.6 is 0 Å². The summed E-state index contributed by atoms with van der Waals surface area (Å²) in [6.07, 6.45) is 0.218. The van der Waals surface area contributed by atoms with Crippen LogP contribution < -0.4 is 0 Å². The summed E-state index contributed by atoms with van der Waals surface area (Å²) in [6.45, 7) is 1.69. The molecule has 1 aliphatic heterocycles.